The first-order valence-electron chi connectivity index (χ1n) is 8.55. The Morgan fingerprint density at radius 1 is 1.07 bits per heavy atom. The maximum absolute atomic E-state index is 13.4. The van der Waals surface area contributed by atoms with Gasteiger partial charge in [0.2, 0.25) is 10.0 Å². The van der Waals surface area contributed by atoms with Crippen LogP contribution in [0.5, 0.6) is 0 Å². The van der Waals surface area contributed by atoms with E-state index < -0.39 is 26.7 Å². The molecule has 0 unspecified atom stereocenters. The highest BCUT2D eigenvalue weighted by molar-refractivity contribution is 7.89. The van der Waals surface area contributed by atoms with Crippen LogP contribution in [0.4, 0.5) is 28.9 Å². The molecular formula is C18H19F4N3O2S. The number of rotatable bonds is 4. The van der Waals surface area contributed by atoms with Crippen LogP contribution in [0.15, 0.2) is 47.4 Å². The predicted molar refractivity (Wildman–Crippen MR) is 98.1 cm³/mol. The maximum atomic E-state index is 13.4. The van der Waals surface area contributed by atoms with Gasteiger partial charge in [0.05, 0.1) is 10.5 Å². The van der Waals surface area contributed by atoms with Gasteiger partial charge in [-0.25, -0.2) is 17.9 Å². The van der Waals surface area contributed by atoms with Crippen LogP contribution in [-0.2, 0) is 16.2 Å². The molecule has 1 aliphatic rings. The van der Waals surface area contributed by atoms with Crippen LogP contribution < -0.4 is 15.4 Å². The Labute approximate surface area is 160 Å². The number of nitrogens with two attached hydrogens (primary N) is 1. The third kappa shape index (κ3) is 4.74. The Morgan fingerprint density at radius 2 is 1.75 bits per heavy atom. The molecule has 10 heteroatoms. The topological polar surface area (TPSA) is 75.4 Å². The summed E-state index contributed by atoms with van der Waals surface area (Å²) in [6.45, 7) is 1.23. The van der Waals surface area contributed by atoms with Crippen LogP contribution in [0.25, 0.3) is 0 Å². The number of benzene rings is 2. The summed E-state index contributed by atoms with van der Waals surface area (Å²) < 4.78 is 75.9. The number of piperidine rings is 1. The fraction of sp³-hybridized carbons (Fsp3) is 0.333. The van der Waals surface area contributed by atoms with Gasteiger partial charge in [-0.05, 0) is 49.2 Å². The highest BCUT2D eigenvalue weighted by Crippen LogP contribution is 2.36. The van der Waals surface area contributed by atoms with Crippen molar-refractivity contribution in [3.05, 3.63) is 53.8 Å². The van der Waals surface area contributed by atoms with Crippen LogP contribution in [-0.4, -0.2) is 27.5 Å². The fourth-order valence-electron chi connectivity index (χ4n) is 3.28. The van der Waals surface area contributed by atoms with E-state index in [4.69, 9.17) is 5.14 Å². The highest BCUT2D eigenvalue weighted by Gasteiger charge is 2.36. The van der Waals surface area contributed by atoms with Gasteiger partial charge in [-0.1, -0.05) is 6.07 Å². The third-order valence-corrected chi connectivity index (χ3v) is 5.60. The molecule has 28 heavy (non-hydrogen) atoms. The Balaban J connectivity index is 1.71. The van der Waals surface area contributed by atoms with Crippen LogP contribution in [0.2, 0.25) is 0 Å². The molecule has 1 aliphatic heterocycles. The van der Waals surface area contributed by atoms with Crippen molar-refractivity contribution >= 4 is 21.4 Å². The number of sulfonamides is 1. The zero-order valence-corrected chi connectivity index (χ0v) is 15.5. The predicted octanol–water partition coefficient (Wildman–Crippen LogP) is 3.57. The molecule has 0 amide bonds. The van der Waals surface area contributed by atoms with E-state index in [-0.39, 0.29) is 17.5 Å². The van der Waals surface area contributed by atoms with Gasteiger partial charge in [0.25, 0.3) is 0 Å². The SMILES string of the molecule is NS(=O)(=O)c1ccc(NC2CCN(c3cccc(F)c3)CC2)cc1C(F)(F)F. The lowest BCUT2D eigenvalue weighted by Crippen LogP contribution is -2.39. The first-order chi connectivity index (χ1) is 13.0. The summed E-state index contributed by atoms with van der Waals surface area (Å²) in [6.07, 6.45) is -3.58. The van der Waals surface area contributed by atoms with E-state index >= 15 is 0 Å². The van der Waals surface area contributed by atoms with Gasteiger partial charge < -0.3 is 10.2 Å². The largest absolute Gasteiger partial charge is 0.417 e. The van der Waals surface area contributed by atoms with Crippen LogP contribution in [0, 0.1) is 5.82 Å². The van der Waals surface area contributed by atoms with Gasteiger partial charge in [-0.2, -0.15) is 13.2 Å². The molecule has 0 spiro atoms. The minimum Gasteiger partial charge on any atom is -0.382 e. The van der Waals surface area contributed by atoms with E-state index in [1.165, 1.54) is 18.2 Å². The summed E-state index contributed by atoms with van der Waals surface area (Å²) in [5, 5.41) is 7.91. The van der Waals surface area contributed by atoms with Crippen molar-refractivity contribution in [1.29, 1.82) is 0 Å². The van der Waals surface area contributed by atoms with Crippen molar-refractivity contribution in [2.75, 3.05) is 23.3 Å². The van der Waals surface area contributed by atoms with Gasteiger partial charge in [0, 0.05) is 30.5 Å². The number of hydrogen-bond acceptors (Lipinski definition) is 4. The quantitative estimate of drug-likeness (QED) is 0.746. The lowest BCUT2D eigenvalue weighted by molar-refractivity contribution is -0.139. The summed E-state index contributed by atoms with van der Waals surface area (Å²) in [6, 6.07) is 9.04. The monoisotopic (exact) mass is 417 g/mol. The molecule has 0 radical (unpaired) electrons. The lowest BCUT2D eigenvalue weighted by Gasteiger charge is -2.34. The van der Waals surface area contributed by atoms with E-state index in [9.17, 15) is 26.0 Å². The molecule has 5 nitrogen and oxygen atoms in total. The Kier molecular flexibility index (Phi) is 5.53. The maximum Gasteiger partial charge on any atom is 0.417 e. The molecule has 0 saturated carbocycles. The zero-order valence-electron chi connectivity index (χ0n) is 14.7. The van der Waals surface area contributed by atoms with Crippen molar-refractivity contribution in [1.82, 2.24) is 0 Å². The second-order valence-corrected chi connectivity index (χ2v) is 8.17. The fourth-order valence-corrected chi connectivity index (χ4v) is 4.02. The summed E-state index contributed by atoms with van der Waals surface area (Å²) in [5.74, 6) is -0.327. The number of hydrogen-bond donors (Lipinski definition) is 2. The molecule has 1 fully saturated rings. The lowest BCUT2D eigenvalue weighted by atomic mass is 10.0. The molecule has 2 aromatic rings. The molecular weight excluding hydrogens is 398 g/mol. The summed E-state index contributed by atoms with van der Waals surface area (Å²) in [4.78, 5) is 1.05. The second-order valence-electron chi connectivity index (χ2n) is 6.64. The van der Waals surface area contributed by atoms with Crippen molar-refractivity contribution in [3.63, 3.8) is 0 Å². The van der Waals surface area contributed by atoms with E-state index in [0.717, 1.165) is 17.8 Å². The normalized spacial score (nSPS) is 16.2. The smallest absolute Gasteiger partial charge is 0.382 e. The van der Waals surface area contributed by atoms with E-state index in [1.807, 2.05) is 4.90 Å². The molecule has 0 bridgehead atoms. The average Bonchev–Trinajstić information content (AvgIpc) is 2.61. The number of anilines is 2. The molecule has 0 atom stereocenters. The first-order valence-corrected chi connectivity index (χ1v) is 10.1. The third-order valence-electron chi connectivity index (χ3n) is 4.63. The van der Waals surface area contributed by atoms with Crippen molar-refractivity contribution in [2.45, 2.75) is 30.0 Å². The molecule has 0 aromatic heterocycles. The standard InChI is InChI=1S/C18H19F4N3O2S/c19-12-2-1-3-15(10-12)25-8-6-13(7-9-25)24-14-4-5-17(28(23,26)27)16(11-14)18(20,21)22/h1-5,10-11,13,24H,6-9H2,(H2,23,26,27). The highest BCUT2D eigenvalue weighted by atomic mass is 32.2. The van der Waals surface area contributed by atoms with Gasteiger partial charge >= 0.3 is 6.18 Å². The minimum atomic E-state index is -4.85. The first kappa shape index (κ1) is 20.4. The number of halogens is 4. The molecule has 3 N–H and O–H groups in total. The molecule has 2 aromatic carbocycles. The van der Waals surface area contributed by atoms with Gasteiger partial charge in [0.1, 0.15) is 5.82 Å². The molecule has 1 saturated heterocycles. The Morgan fingerprint density at radius 3 is 2.32 bits per heavy atom. The van der Waals surface area contributed by atoms with Crippen LogP contribution in [0.3, 0.4) is 0 Å². The van der Waals surface area contributed by atoms with Gasteiger partial charge in [0.15, 0.2) is 0 Å². The second kappa shape index (κ2) is 7.59. The minimum absolute atomic E-state index is 0.0915. The van der Waals surface area contributed by atoms with E-state index in [1.54, 1.807) is 12.1 Å². The summed E-state index contributed by atoms with van der Waals surface area (Å²) in [7, 11) is -4.49. The number of nitrogens with zero attached hydrogens (tertiary/aromatic N) is 1. The average molecular weight is 417 g/mol. The van der Waals surface area contributed by atoms with Crippen LogP contribution in [0.1, 0.15) is 18.4 Å². The van der Waals surface area contributed by atoms with E-state index in [2.05, 4.69) is 5.32 Å². The Bertz CT molecular complexity index is 956. The van der Waals surface area contributed by atoms with Gasteiger partial charge in [-0.3, -0.25) is 0 Å². The number of primary sulfonamides is 1. The molecule has 3 rings (SSSR count). The van der Waals surface area contributed by atoms with E-state index in [0.29, 0.717) is 25.9 Å². The van der Waals surface area contributed by atoms with Crippen molar-refractivity contribution in [2.24, 2.45) is 5.14 Å². The molecule has 1 heterocycles. The number of alkyl halides is 3. The number of nitrogens with one attached hydrogen (secondary N) is 1. The summed E-state index contributed by atoms with van der Waals surface area (Å²) in [5.41, 5.74) is -0.364. The molecule has 152 valence electrons. The van der Waals surface area contributed by atoms with Crippen LogP contribution >= 0.6 is 0 Å². The van der Waals surface area contributed by atoms with Crippen molar-refractivity contribution in [3.8, 4) is 0 Å². The zero-order chi connectivity index (χ0) is 20.5. The Hall–Kier alpha value is -2.33. The summed E-state index contributed by atoms with van der Waals surface area (Å²) >= 11 is 0. The van der Waals surface area contributed by atoms with Gasteiger partial charge in [-0.15, -0.1) is 0 Å². The molecule has 0 aliphatic carbocycles. The van der Waals surface area contributed by atoms with Crippen molar-refractivity contribution < 1.29 is 26.0 Å².